The second-order valence-corrected chi connectivity index (χ2v) is 9.32. The van der Waals surface area contributed by atoms with Crippen molar-refractivity contribution >= 4 is 39.1 Å². The van der Waals surface area contributed by atoms with Gasteiger partial charge >= 0.3 is 0 Å². The molecule has 6 nitrogen and oxygen atoms in total. The van der Waals surface area contributed by atoms with Crippen LogP contribution in [0, 0.1) is 0 Å². The maximum absolute atomic E-state index is 12.2. The van der Waals surface area contributed by atoms with E-state index in [9.17, 15) is 13.2 Å². The van der Waals surface area contributed by atoms with Crippen LogP contribution in [-0.2, 0) is 27.1 Å². The number of hydrogen-bond donors (Lipinski definition) is 2. The van der Waals surface area contributed by atoms with E-state index in [-0.39, 0.29) is 37.3 Å². The molecular weight excluding hydrogens is 435 g/mol. The summed E-state index contributed by atoms with van der Waals surface area (Å²) >= 11 is 11.8. The number of sulfonamides is 1. The van der Waals surface area contributed by atoms with Crippen LogP contribution in [0.3, 0.4) is 0 Å². The van der Waals surface area contributed by atoms with Gasteiger partial charge in [0.2, 0.25) is 15.9 Å². The minimum absolute atomic E-state index is 0.141. The third-order valence-electron chi connectivity index (χ3n) is 3.84. The molecule has 0 aromatic heterocycles. The highest BCUT2D eigenvalue weighted by molar-refractivity contribution is 7.88. The summed E-state index contributed by atoms with van der Waals surface area (Å²) in [6.45, 7) is 3.95. The number of amides is 1. The lowest BCUT2D eigenvalue weighted by Gasteiger charge is -2.13. The second kappa shape index (κ2) is 10.8. The van der Waals surface area contributed by atoms with Crippen molar-refractivity contribution in [1.29, 1.82) is 0 Å². The van der Waals surface area contributed by atoms with Crippen molar-refractivity contribution in [1.82, 2.24) is 10.0 Å². The van der Waals surface area contributed by atoms with Gasteiger partial charge in [0.05, 0.1) is 28.8 Å². The first-order chi connectivity index (χ1) is 13.7. The number of halogens is 2. The number of carbonyl (C=O) groups is 1. The predicted molar refractivity (Wildman–Crippen MR) is 116 cm³/mol. The van der Waals surface area contributed by atoms with Crippen molar-refractivity contribution in [3.8, 4) is 5.75 Å². The highest BCUT2D eigenvalue weighted by atomic mass is 35.5. The molecule has 9 heteroatoms. The summed E-state index contributed by atoms with van der Waals surface area (Å²) in [4.78, 5) is 12.1. The topological polar surface area (TPSA) is 84.5 Å². The van der Waals surface area contributed by atoms with Gasteiger partial charge in [0.25, 0.3) is 0 Å². The quantitative estimate of drug-likeness (QED) is 0.565. The molecule has 0 unspecified atom stereocenters. The van der Waals surface area contributed by atoms with Crippen LogP contribution >= 0.6 is 23.2 Å². The number of rotatable bonds is 10. The van der Waals surface area contributed by atoms with Crippen molar-refractivity contribution in [2.75, 3.05) is 6.61 Å². The first-order valence-corrected chi connectivity index (χ1v) is 11.5. The van der Waals surface area contributed by atoms with E-state index >= 15 is 0 Å². The summed E-state index contributed by atoms with van der Waals surface area (Å²) in [6, 6.07) is 11.8. The molecule has 0 heterocycles. The lowest BCUT2D eigenvalue weighted by molar-refractivity contribution is -0.121. The number of benzene rings is 2. The molecule has 0 aliphatic carbocycles. The molecule has 0 saturated heterocycles. The minimum Gasteiger partial charge on any atom is -0.493 e. The highest BCUT2D eigenvalue weighted by Gasteiger charge is 2.15. The summed E-state index contributed by atoms with van der Waals surface area (Å²) in [5.41, 5.74) is 1.40. The average molecular weight is 459 g/mol. The van der Waals surface area contributed by atoms with Crippen molar-refractivity contribution < 1.29 is 17.9 Å². The standard InChI is InChI=1S/C20H24Cl2N2O4S/c1-14(2)24-29(26,27)13-16-6-4-3-5-15(16)12-23-20(25)9-10-28-17-7-8-18(21)19(22)11-17/h3-8,11,14,24H,9-10,12-13H2,1-2H3,(H,23,25). The molecule has 29 heavy (non-hydrogen) atoms. The first kappa shape index (κ1) is 23.5. The van der Waals surface area contributed by atoms with Crippen molar-refractivity contribution in [2.45, 2.75) is 38.6 Å². The van der Waals surface area contributed by atoms with E-state index in [1.54, 1.807) is 56.3 Å². The number of ether oxygens (including phenoxy) is 1. The molecule has 158 valence electrons. The maximum Gasteiger partial charge on any atom is 0.223 e. The third kappa shape index (κ3) is 8.22. The average Bonchev–Trinajstić information content (AvgIpc) is 2.62. The van der Waals surface area contributed by atoms with E-state index < -0.39 is 10.0 Å². The van der Waals surface area contributed by atoms with Gasteiger partial charge in [0, 0.05) is 18.7 Å². The molecule has 2 aromatic carbocycles. The fourth-order valence-corrected chi connectivity index (χ4v) is 4.37. The van der Waals surface area contributed by atoms with Gasteiger partial charge in [0.1, 0.15) is 5.75 Å². The van der Waals surface area contributed by atoms with Crippen LogP contribution < -0.4 is 14.8 Å². The Morgan fingerprint density at radius 1 is 1.07 bits per heavy atom. The SMILES string of the molecule is CC(C)NS(=O)(=O)Cc1ccccc1CNC(=O)CCOc1ccc(Cl)c(Cl)c1. The molecule has 0 fully saturated rings. The van der Waals surface area contributed by atoms with Crippen LogP contribution in [0.1, 0.15) is 31.4 Å². The molecule has 0 atom stereocenters. The molecule has 0 bridgehead atoms. The van der Waals surface area contributed by atoms with Crippen molar-refractivity contribution in [3.05, 3.63) is 63.6 Å². The lowest BCUT2D eigenvalue weighted by Crippen LogP contribution is -2.32. The molecular formula is C20H24Cl2N2O4S. The van der Waals surface area contributed by atoms with Gasteiger partial charge < -0.3 is 10.1 Å². The van der Waals surface area contributed by atoms with Gasteiger partial charge in [0.15, 0.2) is 0 Å². The van der Waals surface area contributed by atoms with Crippen LogP contribution in [0.4, 0.5) is 0 Å². The molecule has 0 aliphatic rings. The van der Waals surface area contributed by atoms with Gasteiger partial charge in [-0.1, -0.05) is 47.5 Å². The van der Waals surface area contributed by atoms with Gasteiger partial charge in [-0.05, 0) is 37.1 Å². The Balaban J connectivity index is 1.86. The Morgan fingerprint density at radius 2 is 1.76 bits per heavy atom. The second-order valence-electron chi connectivity index (χ2n) is 6.75. The molecule has 1 amide bonds. The van der Waals surface area contributed by atoms with Crippen LogP contribution in [0.25, 0.3) is 0 Å². The fraction of sp³-hybridized carbons (Fsp3) is 0.350. The minimum atomic E-state index is -3.45. The van der Waals surface area contributed by atoms with E-state index in [2.05, 4.69) is 10.0 Å². The monoisotopic (exact) mass is 458 g/mol. The summed E-state index contributed by atoms with van der Waals surface area (Å²) in [5, 5.41) is 3.60. The fourth-order valence-electron chi connectivity index (χ4n) is 2.59. The summed E-state index contributed by atoms with van der Waals surface area (Å²) in [5.74, 6) is 0.181. The largest absolute Gasteiger partial charge is 0.493 e. The van der Waals surface area contributed by atoms with Crippen molar-refractivity contribution in [3.63, 3.8) is 0 Å². The zero-order valence-electron chi connectivity index (χ0n) is 16.2. The zero-order valence-corrected chi connectivity index (χ0v) is 18.6. The summed E-state index contributed by atoms with van der Waals surface area (Å²) in [6.07, 6.45) is 0.148. The van der Waals surface area contributed by atoms with Gasteiger partial charge in [-0.25, -0.2) is 13.1 Å². The zero-order chi connectivity index (χ0) is 21.4. The highest BCUT2D eigenvalue weighted by Crippen LogP contribution is 2.26. The van der Waals surface area contributed by atoms with Crippen LogP contribution in [0.2, 0.25) is 10.0 Å². The summed E-state index contributed by atoms with van der Waals surface area (Å²) < 4.78 is 32.4. The van der Waals surface area contributed by atoms with Crippen LogP contribution in [0.5, 0.6) is 5.75 Å². The molecule has 0 radical (unpaired) electrons. The van der Waals surface area contributed by atoms with Gasteiger partial charge in [-0.2, -0.15) is 0 Å². The summed E-state index contributed by atoms with van der Waals surface area (Å²) in [7, 11) is -3.45. The van der Waals surface area contributed by atoms with E-state index in [4.69, 9.17) is 27.9 Å². The number of nitrogens with one attached hydrogen (secondary N) is 2. The predicted octanol–water partition coefficient (Wildman–Crippen LogP) is 3.91. The Labute approximate surface area is 181 Å². The van der Waals surface area contributed by atoms with Gasteiger partial charge in [-0.3, -0.25) is 4.79 Å². The first-order valence-electron chi connectivity index (χ1n) is 9.07. The maximum atomic E-state index is 12.2. The van der Waals surface area contributed by atoms with Crippen LogP contribution in [0.15, 0.2) is 42.5 Å². The van der Waals surface area contributed by atoms with Crippen LogP contribution in [-0.4, -0.2) is 27.0 Å². The number of hydrogen-bond acceptors (Lipinski definition) is 4. The van der Waals surface area contributed by atoms with E-state index in [0.29, 0.717) is 21.4 Å². The Kier molecular flexibility index (Phi) is 8.77. The Hall–Kier alpha value is -1.80. The third-order valence-corrected chi connectivity index (χ3v) is 6.10. The molecule has 2 aromatic rings. The van der Waals surface area contributed by atoms with Gasteiger partial charge in [-0.15, -0.1) is 0 Å². The molecule has 0 spiro atoms. The van der Waals surface area contributed by atoms with E-state index in [1.807, 2.05) is 0 Å². The normalized spacial score (nSPS) is 11.5. The Morgan fingerprint density at radius 3 is 2.41 bits per heavy atom. The molecule has 0 aliphatic heterocycles. The van der Waals surface area contributed by atoms with E-state index in [1.165, 1.54) is 0 Å². The smallest absolute Gasteiger partial charge is 0.223 e. The molecule has 2 rings (SSSR count). The Bertz CT molecular complexity index is 949. The van der Waals surface area contributed by atoms with Crippen molar-refractivity contribution in [2.24, 2.45) is 0 Å². The lowest BCUT2D eigenvalue weighted by atomic mass is 10.1. The molecule has 0 saturated carbocycles. The number of carbonyl (C=O) groups excluding carboxylic acids is 1. The molecule has 2 N–H and O–H groups in total. The van der Waals surface area contributed by atoms with E-state index in [0.717, 1.165) is 5.56 Å².